The molecule has 0 aromatic carbocycles. The molecule has 0 aliphatic heterocycles. The van der Waals surface area contributed by atoms with Gasteiger partial charge in [-0.15, -0.1) is 11.8 Å². The average molecular weight is 285 g/mol. The minimum Gasteiger partial charge on any atom is -0.465 e. The van der Waals surface area contributed by atoms with Crippen molar-refractivity contribution in [2.24, 2.45) is 7.05 Å². The highest BCUT2D eigenvalue weighted by atomic mass is 32.2. The van der Waals surface area contributed by atoms with Crippen LogP contribution in [0.2, 0.25) is 0 Å². The van der Waals surface area contributed by atoms with E-state index in [1.807, 2.05) is 27.1 Å². The number of carbonyl (C=O) groups excluding carboxylic acids is 1. The summed E-state index contributed by atoms with van der Waals surface area (Å²) in [5, 5.41) is 7.40. The van der Waals surface area contributed by atoms with Gasteiger partial charge in [-0.3, -0.25) is 9.48 Å². The van der Waals surface area contributed by atoms with Crippen molar-refractivity contribution in [2.75, 3.05) is 18.9 Å². The Morgan fingerprint density at radius 2 is 2.32 bits per heavy atom. The fraction of sp³-hybridized carbons (Fsp3) is 0.692. The third kappa shape index (κ3) is 4.87. The number of hydrogen-bond donors (Lipinski definition) is 1. The number of esters is 1. The van der Waals surface area contributed by atoms with Crippen molar-refractivity contribution in [2.45, 2.75) is 37.6 Å². The maximum absolute atomic E-state index is 12.1. The molecule has 108 valence electrons. The SMILES string of the molecule is CCCNC(C)(CSc1cnn(C)c1)C(=O)OCC. The molecule has 1 atom stereocenters. The summed E-state index contributed by atoms with van der Waals surface area (Å²) in [5.41, 5.74) is -0.660. The second-order valence-corrected chi connectivity index (χ2v) is 5.67. The third-order valence-electron chi connectivity index (χ3n) is 2.70. The van der Waals surface area contributed by atoms with Crippen LogP contribution < -0.4 is 5.32 Å². The van der Waals surface area contributed by atoms with Crippen LogP contribution in [0, 0.1) is 0 Å². The van der Waals surface area contributed by atoms with Gasteiger partial charge in [-0.25, -0.2) is 0 Å². The van der Waals surface area contributed by atoms with E-state index in [2.05, 4.69) is 17.3 Å². The monoisotopic (exact) mass is 285 g/mol. The molecule has 0 amide bonds. The second kappa shape index (κ2) is 7.55. The number of rotatable bonds is 8. The number of nitrogens with one attached hydrogen (secondary N) is 1. The van der Waals surface area contributed by atoms with Crippen LogP contribution in [0.1, 0.15) is 27.2 Å². The zero-order chi connectivity index (χ0) is 14.3. The number of carbonyl (C=O) groups is 1. The molecule has 0 aliphatic rings. The van der Waals surface area contributed by atoms with Crippen LogP contribution in [-0.2, 0) is 16.6 Å². The standard InChI is InChI=1S/C13H23N3O2S/c1-5-7-14-13(3,12(17)18-6-2)10-19-11-8-15-16(4)9-11/h8-9,14H,5-7,10H2,1-4H3. The molecule has 0 fully saturated rings. The Morgan fingerprint density at radius 3 is 2.84 bits per heavy atom. The van der Waals surface area contributed by atoms with E-state index in [4.69, 9.17) is 4.74 Å². The van der Waals surface area contributed by atoms with Gasteiger partial charge in [-0.05, 0) is 26.8 Å². The molecule has 0 saturated heterocycles. The van der Waals surface area contributed by atoms with Gasteiger partial charge >= 0.3 is 5.97 Å². The summed E-state index contributed by atoms with van der Waals surface area (Å²) in [7, 11) is 1.88. The minimum atomic E-state index is -0.660. The molecule has 1 heterocycles. The number of aromatic nitrogens is 2. The summed E-state index contributed by atoms with van der Waals surface area (Å²) < 4.78 is 6.92. The van der Waals surface area contributed by atoms with Crippen molar-refractivity contribution in [3.05, 3.63) is 12.4 Å². The van der Waals surface area contributed by atoms with E-state index in [-0.39, 0.29) is 5.97 Å². The molecule has 0 spiro atoms. The van der Waals surface area contributed by atoms with Crippen molar-refractivity contribution >= 4 is 17.7 Å². The Balaban J connectivity index is 2.65. The van der Waals surface area contributed by atoms with E-state index in [1.165, 1.54) is 0 Å². The highest BCUT2D eigenvalue weighted by Crippen LogP contribution is 2.23. The van der Waals surface area contributed by atoms with Gasteiger partial charge in [0.2, 0.25) is 0 Å². The molecule has 1 rings (SSSR count). The minimum absolute atomic E-state index is 0.195. The van der Waals surface area contributed by atoms with Crippen LogP contribution in [0.15, 0.2) is 17.3 Å². The molecule has 1 N–H and O–H groups in total. The Kier molecular flexibility index (Phi) is 6.37. The summed E-state index contributed by atoms with van der Waals surface area (Å²) in [6.45, 7) is 6.99. The third-order valence-corrected chi connectivity index (χ3v) is 3.97. The van der Waals surface area contributed by atoms with Crippen molar-refractivity contribution < 1.29 is 9.53 Å². The fourth-order valence-corrected chi connectivity index (χ4v) is 2.60. The lowest BCUT2D eigenvalue weighted by molar-refractivity contribution is -0.149. The predicted molar refractivity (Wildman–Crippen MR) is 77.3 cm³/mol. The number of aryl methyl sites for hydroxylation is 1. The van der Waals surface area contributed by atoms with Crippen molar-refractivity contribution in [3.63, 3.8) is 0 Å². The maximum Gasteiger partial charge on any atom is 0.326 e. The average Bonchev–Trinajstić information content (AvgIpc) is 2.80. The van der Waals surface area contributed by atoms with Crippen LogP contribution in [-0.4, -0.2) is 40.2 Å². The fourth-order valence-electron chi connectivity index (χ4n) is 1.57. The zero-order valence-corrected chi connectivity index (χ0v) is 12.9. The Labute approximate surface area is 119 Å². The molecular formula is C13H23N3O2S. The van der Waals surface area contributed by atoms with Gasteiger partial charge in [0.15, 0.2) is 0 Å². The lowest BCUT2D eigenvalue weighted by Crippen LogP contribution is -2.52. The van der Waals surface area contributed by atoms with Crippen LogP contribution in [0.5, 0.6) is 0 Å². The first-order valence-corrected chi connectivity index (χ1v) is 7.54. The first-order valence-electron chi connectivity index (χ1n) is 6.55. The normalized spacial score (nSPS) is 14.1. The molecule has 0 radical (unpaired) electrons. The number of hydrogen-bond acceptors (Lipinski definition) is 5. The molecule has 6 heteroatoms. The lowest BCUT2D eigenvalue weighted by Gasteiger charge is -2.27. The van der Waals surface area contributed by atoms with E-state index >= 15 is 0 Å². The van der Waals surface area contributed by atoms with Crippen LogP contribution in [0.25, 0.3) is 0 Å². The maximum atomic E-state index is 12.1. The molecule has 0 bridgehead atoms. The first kappa shape index (κ1) is 16.0. The lowest BCUT2D eigenvalue weighted by atomic mass is 10.1. The Bertz CT molecular complexity index is 408. The summed E-state index contributed by atoms with van der Waals surface area (Å²) in [5.74, 6) is 0.428. The molecule has 0 saturated carbocycles. The summed E-state index contributed by atoms with van der Waals surface area (Å²) in [6, 6.07) is 0. The largest absolute Gasteiger partial charge is 0.465 e. The second-order valence-electron chi connectivity index (χ2n) is 4.62. The molecule has 0 aliphatic carbocycles. The Morgan fingerprint density at radius 1 is 1.58 bits per heavy atom. The van der Waals surface area contributed by atoms with E-state index in [0.717, 1.165) is 17.9 Å². The topological polar surface area (TPSA) is 56.2 Å². The predicted octanol–water partition coefficient (Wildman–Crippen LogP) is 1.83. The summed E-state index contributed by atoms with van der Waals surface area (Å²) in [6.07, 6.45) is 4.72. The van der Waals surface area contributed by atoms with Gasteiger partial charge in [0, 0.05) is 23.9 Å². The highest BCUT2D eigenvalue weighted by molar-refractivity contribution is 7.99. The summed E-state index contributed by atoms with van der Waals surface area (Å²) in [4.78, 5) is 13.1. The van der Waals surface area contributed by atoms with E-state index < -0.39 is 5.54 Å². The van der Waals surface area contributed by atoms with E-state index in [1.54, 1.807) is 22.6 Å². The van der Waals surface area contributed by atoms with Crippen molar-refractivity contribution in [1.29, 1.82) is 0 Å². The first-order chi connectivity index (χ1) is 9.01. The molecular weight excluding hydrogens is 262 g/mol. The van der Waals surface area contributed by atoms with Crippen molar-refractivity contribution in [3.8, 4) is 0 Å². The van der Waals surface area contributed by atoms with Gasteiger partial charge < -0.3 is 10.1 Å². The number of ether oxygens (including phenoxy) is 1. The van der Waals surface area contributed by atoms with Crippen LogP contribution in [0.4, 0.5) is 0 Å². The zero-order valence-electron chi connectivity index (χ0n) is 12.1. The van der Waals surface area contributed by atoms with E-state index in [9.17, 15) is 4.79 Å². The van der Waals surface area contributed by atoms with Crippen molar-refractivity contribution in [1.82, 2.24) is 15.1 Å². The Hall–Kier alpha value is -1.01. The molecule has 19 heavy (non-hydrogen) atoms. The van der Waals surface area contributed by atoms with Gasteiger partial charge in [-0.2, -0.15) is 5.10 Å². The summed E-state index contributed by atoms with van der Waals surface area (Å²) >= 11 is 1.61. The van der Waals surface area contributed by atoms with Gasteiger partial charge in [0.25, 0.3) is 0 Å². The van der Waals surface area contributed by atoms with E-state index in [0.29, 0.717) is 12.4 Å². The molecule has 5 nitrogen and oxygen atoms in total. The van der Waals surface area contributed by atoms with Gasteiger partial charge in [0.1, 0.15) is 5.54 Å². The smallest absolute Gasteiger partial charge is 0.326 e. The van der Waals surface area contributed by atoms with Crippen LogP contribution >= 0.6 is 11.8 Å². The molecule has 1 unspecified atom stereocenters. The molecule has 1 aromatic heterocycles. The van der Waals surface area contributed by atoms with Crippen LogP contribution in [0.3, 0.4) is 0 Å². The molecule has 1 aromatic rings. The quantitative estimate of drug-likeness (QED) is 0.583. The van der Waals surface area contributed by atoms with Gasteiger partial charge in [0.05, 0.1) is 12.8 Å². The number of thioether (sulfide) groups is 1. The number of nitrogens with zero attached hydrogens (tertiary/aromatic N) is 2. The highest BCUT2D eigenvalue weighted by Gasteiger charge is 2.34. The van der Waals surface area contributed by atoms with Gasteiger partial charge in [-0.1, -0.05) is 6.92 Å².